The first-order valence-corrected chi connectivity index (χ1v) is 9.06. The molecule has 1 saturated heterocycles. The smallest absolute Gasteiger partial charge is 0.138 e. The molecule has 1 fully saturated rings. The molecular formula is C17H26N4S. The van der Waals surface area contributed by atoms with E-state index in [1.54, 1.807) is 17.7 Å². The van der Waals surface area contributed by atoms with Crippen molar-refractivity contribution in [3.63, 3.8) is 0 Å². The van der Waals surface area contributed by atoms with Gasteiger partial charge in [-0.25, -0.2) is 9.97 Å². The SMILES string of the molecule is Cc1sc2ncnc(NC3CCN(CC(C)C)CC3)c2c1C. The molecule has 2 aromatic rings. The number of nitrogens with zero attached hydrogens (tertiary/aromatic N) is 3. The summed E-state index contributed by atoms with van der Waals surface area (Å²) in [6, 6.07) is 0.529. The van der Waals surface area contributed by atoms with Crippen molar-refractivity contribution in [2.24, 2.45) is 5.92 Å². The zero-order valence-electron chi connectivity index (χ0n) is 14.0. The number of piperidine rings is 1. The molecule has 2 aromatic heterocycles. The van der Waals surface area contributed by atoms with Crippen LogP contribution in [0, 0.1) is 19.8 Å². The summed E-state index contributed by atoms with van der Waals surface area (Å²) in [5.41, 5.74) is 1.32. The summed E-state index contributed by atoms with van der Waals surface area (Å²) >= 11 is 1.76. The first-order valence-electron chi connectivity index (χ1n) is 8.24. The highest BCUT2D eigenvalue weighted by molar-refractivity contribution is 7.18. The van der Waals surface area contributed by atoms with Crippen molar-refractivity contribution < 1.29 is 0 Å². The van der Waals surface area contributed by atoms with Crippen LogP contribution in [-0.2, 0) is 0 Å². The summed E-state index contributed by atoms with van der Waals surface area (Å²) in [5, 5.41) is 4.90. The van der Waals surface area contributed by atoms with E-state index in [0.717, 1.165) is 16.6 Å². The summed E-state index contributed by atoms with van der Waals surface area (Å²) < 4.78 is 0. The minimum Gasteiger partial charge on any atom is -0.367 e. The molecule has 1 N–H and O–H groups in total. The van der Waals surface area contributed by atoms with Crippen LogP contribution in [0.2, 0.25) is 0 Å². The number of rotatable bonds is 4. The molecule has 3 heterocycles. The highest BCUT2D eigenvalue weighted by Gasteiger charge is 2.21. The van der Waals surface area contributed by atoms with Gasteiger partial charge in [0.1, 0.15) is 17.0 Å². The molecule has 5 heteroatoms. The molecule has 0 spiro atoms. The number of anilines is 1. The van der Waals surface area contributed by atoms with Crippen LogP contribution < -0.4 is 5.32 Å². The Morgan fingerprint density at radius 1 is 1.27 bits per heavy atom. The third kappa shape index (κ3) is 3.25. The normalized spacial score (nSPS) is 17.5. The van der Waals surface area contributed by atoms with Crippen molar-refractivity contribution in [1.29, 1.82) is 0 Å². The summed E-state index contributed by atoms with van der Waals surface area (Å²) in [7, 11) is 0. The van der Waals surface area contributed by atoms with Crippen molar-refractivity contribution in [2.45, 2.75) is 46.6 Å². The van der Waals surface area contributed by atoms with E-state index in [0.29, 0.717) is 6.04 Å². The molecule has 0 aliphatic carbocycles. The number of likely N-dealkylation sites (tertiary alicyclic amines) is 1. The fraction of sp³-hybridized carbons (Fsp3) is 0.647. The predicted molar refractivity (Wildman–Crippen MR) is 94.8 cm³/mol. The Balaban J connectivity index is 1.70. The van der Waals surface area contributed by atoms with E-state index in [1.807, 2.05) is 0 Å². The number of fused-ring (bicyclic) bond motifs is 1. The monoisotopic (exact) mass is 318 g/mol. The number of aryl methyl sites for hydroxylation is 2. The van der Waals surface area contributed by atoms with Crippen LogP contribution >= 0.6 is 11.3 Å². The van der Waals surface area contributed by atoms with Crippen molar-refractivity contribution in [3.05, 3.63) is 16.8 Å². The molecule has 0 aromatic carbocycles. The summed E-state index contributed by atoms with van der Waals surface area (Å²) in [6.45, 7) is 12.5. The quantitative estimate of drug-likeness (QED) is 0.930. The fourth-order valence-corrected chi connectivity index (χ4v) is 4.26. The lowest BCUT2D eigenvalue weighted by Crippen LogP contribution is -2.40. The Morgan fingerprint density at radius 2 is 2.00 bits per heavy atom. The largest absolute Gasteiger partial charge is 0.367 e. The number of thiophene rings is 1. The molecule has 0 bridgehead atoms. The second-order valence-electron chi connectivity index (χ2n) is 6.80. The van der Waals surface area contributed by atoms with Crippen LogP contribution in [0.3, 0.4) is 0 Å². The van der Waals surface area contributed by atoms with Gasteiger partial charge in [-0.1, -0.05) is 13.8 Å². The van der Waals surface area contributed by atoms with E-state index in [1.165, 1.54) is 48.3 Å². The lowest BCUT2D eigenvalue weighted by molar-refractivity contribution is 0.198. The Hall–Kier alpha value is -1.20. The fourth-order valence-electron chi connectivity index (χ4n) is 3.26. The van der Waals surface area contributed by atoms with Crippen LogP contribution in [0.15, 0.2) is 6.33 Å². The van der Waals surface area contributed by atoms with E-state index < -0.39 is 0 Å². The van der Waals surface area contributed by atoms with E-state index in [4.69, 9.17) is 0 Å². The van der Waals surface area contributed by atoms with E-state index >= 15 is 0 Å². The van der Waals surface area contributed by atoms with Gasteiger partial charge in [-0.15, -0.1) is 11.3 Å². The molecule has 0 unspecified atom stereocenters. The highest BCUT2D eigenvalue weighted by atomic mass is 32.1. The predicted octanol–water partition coefficient (Wildman–Crippen LogP) is 3.84. The Labute approximate surface area is 137 Å². The Kier molecular flexibility index (Phi) is 4.64. The molecule has 0 radical (unpaired) electrons. The average Bonchev–Trinajstić information content (AvgIpc) is 2.77. The standard InChI is InChI=1S/C17H26N4S/c1-11(2)9-21-7-5-14(6-8-21)20-16-15-12(3)13(4)22-17(15)19-10-18-16/h10-11,14H,5-9H2,1-4H3,(H,18,19,20). The van der Waals surface area contributed by atoms with Gasteiger partial charge < -0.3 is 10.2 Å². The Bertz CT molecular complexity index is 641. The van der Waals surface area contributed by atoms with Crippen molar-refractivity contribution in [1.82, 2.24) is 14.9 Å². The van der Waals surface area contributed by atoms with E-state index in [9.17, 15) is 0 Å². The second-order valence-corrected chi connectivity index (χ2v) is 8.00. The van der Waals surface area contributed by atoms with Crippen LogP contribution in [0.25, 0.3) is 10.2 Å². The molecular weight excluding hydrogens is 292 g/mol. The van der Waals surface area contributed by atoms with Crippen LogP contribution in [0.1, 0.15) is 37.1 Å². The van der Waals surface area contributed by atoms with Crippen LogP contribution in [-0.4, -0.2) is 40.5 Å². The zero-order valence-corrected chi connectivity index (χ0v) is 14.8. The van der Waals surface area contributed by atoms with Gasteiger partial charge in [0.25, 0.3) is 0 Å². The molecule has 3 rings (SSSR count). The van der Waals surface area contributed by atoms with E-state index in [2.05, 4.69) is 47.9 Å². The van der Waals surface area contributed by atoms with Gasteiger partial charge in [0.15, 0.2) is 0 Å². The van der Waals surface area contributed by atoms with E-state index in [-0.39, 0.29) is 0 Å². The number of aromatic nitrogens is 2. The summed E-state index contributed by atoms with van der Waals surface area (Å²) in [4.78, 5) is 14.0. The first kappa shape index (κ1) is 15.7. The third-order valence-corrected chi connectivity index (χ3v) is 5.63. The van der Waals surface area contributed by atoms with Gasteiger partial charge >= 0.3 is 0 Å². The second kappa shape index (κ2) is 6.50. The van der Waals surface area contributed by atoms with Gasteiger partial charge in [-0.05, 0) is 38.2 Å². The van der Waals surface area contributed by atoms with Gasteiger partial charge in [0, 0.05) is 30.6 Å². The third-order valence-electron chi connectivity index (χ3n) is 4.52. The number of hydrogen-bond donors (Lipinski definition) is 1. The molecule has 0 amide bonds. The average molecular weight is 318 g/mol. The summed E-state index contributed by atoms with van der Waals surface area (Å²) in [5.74, 6) is 1.77. The van der Waals surface area contributed by atoms with Gasteiger partial charge in [0.05, 0.1) is 5.39 Å². The van der Waals surface area contributed by atoms with Crippen LogP contribution in [0.4, 0.5) is 5.82 Å². The lowest BCUT2D eigenvalue weighted by atomic mass is 10.0. The molecule has 4 nitrogen and oxygen atoms in total. The van der Waals surface area contributed by atoms with Gasteiger partial charge in [-0.2, -0.15) is 0 Å². The number of nitrogens with one attached hydrogen (secondary N) is 1. The molecule has 1 aliphatic rings. The Morgan fingerprint density at radius 3 is 2.68 bits per heavy atom. The van der Waals surface area contributed by atoms with Crippen LogP contribution in [0.5, 0.6) is 0 Å². The minimum atomic E-state index is 0.529. The maximum Gasteiger partial charge on any atom is 0.138 e. The molecule has 0 atom stereocenters. The summed E-state index contributed by atoms with van der Waals surface area (Å²) in [6.07, 6.45) is 4.08. The topological polar surface area (TPSA) is 41.1 Å². The van der Waals surface area contributed by atoms with Crippen molar-refractivity contribution in [2.75, 3.05) is 25.0 Å². The maximum absolute atomic E-state index is 4.51. The minimum absolute atomic E-state index is 0.529. The van der Waals surface area contributed by atoms with Crippen molar-refractivity contribution in [3.8, 4) is 0 Å². The molecule has 1 aliphatic heterocycles. The molecule has 22 heavy (non-hydrogen) atoms. The maximum atomic E-state index is 4.51. The zero-order chi connectivity index (χ0) is 15.7. The first-order chi connectivity index (χ1) is 10.5. The van der Waals surface area contributed by atoms with Gasteiger partial charge in [-0.3, -0.25) is 0 Å². The van der Waals surface area contributed by atoms with Crippen molar-refractivity contribution >= 4 is 27.4 Å². The molecule has 120 valence electrons. The number of hydrogen-bond acceptors (Lipinski definition) is 5. The lowest BCUT2D eigenvalue weighted by Gasteiger charge is -2.33. The highest BCUT2D eigenvalue weighted by Crippen LogP contribution is 2.33. The van der Waals surface area contributed by atoms with Gasteiger partial charge in [0.2, 0.25) is 0 Å². The molecule has 0 saturated carbocycles.